The quantitative estimate of drug-likeness (QED) is 0.0222. The lowest BCUT2D eigenvalue weighted by atomic mass is 10.00. The van der Waals surface area contributed by atoms with E-state index in [9.17, 15) is 43.2 Å². The van der Waals surface area contributed by atoms with Crippen LogP contribution in [0.2, 0.25) is 0 Å². The number of hydrogen-bond donors (Lipinski definition) is 3. The number of ether oxygens (including phenoxy) is 4. The topological polar surface area (TPSA) is 237 Å². The fourth-order valence-electron chi connectivity index (χ4n) is 13.1. The van der Waals surface area contributed by atoms with E-state index in [-0.39, 0.29) is 25.7 Å². The van der Waals surface area contributed by atoms with Crippen molar-refractivity contribution in [2.24, 2.45) is 5.92 Å². The Morgan fingerprint density at radius 2 is 0.466 bits per heavy atom. The van der Waals surface area contributed by atoms with Crippen LogP contribution in [0.25, 0.3) is 0 Å². The van der Waals surface area contributed by atoms with Crippen molar-refractivity contribution in [3.63, 3.8) is 0 Å². The minimum atomic E-state index is -4.96. The molecule has 612 valence electrons. The number of carbonyl (C=O) groups excluding carboxylic acids is 4. The molecule has 0 aliphatic carbocycles. The van der Waals surface area contributed by atoms with Crippen molar-refractivity contribution in [3.05, 3.63) is 0 Å². The van der Waals surface area contributed by atoms with Crippen molar-refractivity contribution in [2.45, 2.75) is 470 Å². The first-order chi connectivity index (χ1) is 50.1. The highest BCUT2D eigenvalue weighted by atomic mass is 31.2. The van der Waals surface area contributed by atoms with Gasteiger partial charge in [0.2, 0.25) is 0 Å². The molecule has 0 spiro atoms. The lowest BCUT2D eigenvalue weighted by Gasteiger charge is -2.21. The Labute approximate surface area is 632 Å². The van der Waals surface area contributed by atoms with Crippen LogP contribution in [0.1, 0.15) is 452 Å². The molecule has 6 atom stereocenters. The average molecular weight is 1510 g/mol. The Kier molecular flexibility index (Phi) is 75.4. The van der Waals surface area contributed by atoms with Crippen molar-refractivity contribution < 1.29 is 80.2 Å². The molecule has 0 amide bonds. The molecule has 0 aromatic rings. The maximum atomic E-state index is 13.1. The number of aliphatic hydroxyl groups excluding tert-OH is 1. The Morgan fingerprint density at radius 3 is 0.689 bits per heavy atom. The van der Waals surface area contributed by atoms with Crippen LogP contribution in [-0.4, -0.2) is 96.7 Å². The van der Waals surface area contributed by atoms with Gasteiger partial charge in [0.05, 0.1) is 26.4 Å². The molecule has 0 aromatic heterocycles. The van der Waals surface area contributed by atoms with E-state index in [1.165, 1.54) is 270 Å². The summed E-state index contributed by atoms with van der Waals surface area (Å²) in [7, 11) is -9.92. The number of phosphoric acid groups is 2. The van der Waals surface area contributed by atoms with Gasteiger partial charge < -0.3 is 33.8 Å². The van der Waals surface area contributed by atoms with Crippen LogP contribution in [0.5, 0.6) is 0 Å². The normalized spacial score (nSPS) is 14.1. The van der Waals surface area contributed by atoms with Gasteiger partial charge in [-0.25, -0.2) is 9.13 Å². The van der Waals surface area contributed by atoms with Gasteiger partial charge in [-0.2, -0.15) is 0 Å². The summed E-state index contributed by atoms with van der Waals surface area (Å²) in [6.45, 7) is 7.31. The molecule has 0 aliphatic rings. The van der Waals surface area contributed by atoms with Crippen LogP contribution < -0.4 is 0 Å². The van der Waals surface area contributed by atoms with Crippen molar-refractivity contribution in [3.8, 4) is 0 Å². The van der Waals surface area contributed by atoms with Gasteiger partial charge >= 0.3 is 39.5 Å². The second-order valence-electron chi connectivity index (χ2n) is 30.5. The molecular formula is C84H164O17P2. The highest BCUT2D eigenvalue weighted by molar-refractivity contribution is 7.47. The number of hydrogen-bond acceptors (Lipinski definition) is 15. The maximum Gasteiger partial charge on any atom is 0.472 e. The van der Waals surface area contributed by atoms with E-state index in [4.69, 9.17) is 37.0 Å². The summed E-state index contributed by atoms with van der Waals surface area (Å²) in [5, 5.41) is 10.7. The molecule has 0 radical (unpaired) electrons. The Hall–Kier alpha value is -1.94. The zero-order valence-corrected chi connectivity index (χ0v) is 69.3. The van der Waals surface area contributed by atoms with E-state index >= 15 is 0 Å². The van der Waals surface area contributed by atoms with Gasteiger partial charge in [-0.15, -0.1) is 0 Å². The minimum absolute atomic E-state index is 0.107. The molecule has 0 bridgehead atoms. The zero-order chi connectivity index (χ0) is 75.5. The molecule has 0 fully saturated rings. The van der Waals surface area contributed by atoms with E-state index < -0.39 is 97.5 Å². The first-order valence-corrected chi connectivity index (χ1v) is 46.7. The standard InChI is InChI=1S/C84H164O17P2/c1-6-10-13-16-19-22-25-28-30-32-34-35-37-39-41-44-47-50-53-60-65-70-83(88)100-79(73-94-81(86)67-62-57-51-48-45-43-40-38-36-33-31-29-26-23-20-17-14-11-7-2)75-98-102(90,91)96-71-78(85)72-97-103(92,93)99-76-80(74-95-82(87)68-63-58-55-54-56-61-66-77(5)9-4)101-84(89)69-64-59-52-49-46-42-27-24-21-18-15-12-8-3/h77-80,85H,6-76H2,1-5H3,(H,90,91)(H,92,93)/t77?,78-,79-,80-/m1/s1. The van der Waals surface area contributed by atoms with Crippen LogP contribution >= 0.6 is 15.6 Å². The summed E-state index contributed by atoms with van der Waals surface area (Å²) in [5.74, 6) is -1.37. The van der Waals surface area contributed by atoms with Crippen LogP contribution in [0.4, 0.5) is 0 Å². The summed E-state index contributed by atoms with van der Waals surface area (Å²) in [6.07, 6.45) is 69.6. The predicted octanol–water partition coefficient (Wildman–Crippen LogP) is 25.6. The van der Waals surface area contributed by atoms with Crippen LogP contribution in [0, 0.1) is 5.92 Å². The number of aliphatic hydroxyl groups is 1. The molecule has 17 nitrogen and oxygen atoms in total. The Bertz CT molecular complexity index is 1960. The fourth-order valence-corrected chi connectivity index (χ4v) is 14.7. The number of carbonyl (C=O) groups is 4. The fraction of sp³-hybridized carbons (Fsp3) is 0.952. The first kappa shape index (κ1) is 101. The minimum Gasteiger partial charge on any atom is -0.462 e. The maximum absolute atomic E-state index is 13.1. The monoisotopic (exact) mass is 1510 g/mol. The molecule has 0 heterocycles. The zero-order valence-electron chi connectivity index (χ0n) is 67.5. The van der Waals surface area contributed by atoms with Crippen LogP contribution in [0.3, 0.4) is 0 Å². The highest BCUT2D eigenvalue weighted by Crippen LogP contribution is 2.45. The molecule has 0 aromatic carbocycles. The molecular weight excluding hydrogens is 1340 g/mol. The van der Waals surface area contributed by atoms with Gasteiger partial charge in [-0.05, 0) is 31.6 Å². The predicted molar refractivity (Wildman–Crippen MR) is 423 cm³/mol. The molecule has 103 heavy (non-hydrogen) atoms. The number of phosphoric ester groups is 2. The molecule has 0 saturated carbocycles. The third-order valence-corrected chi connectivity index (χ3v) is 22.0. The molecule has 0 rings (SSSR count). The largest absolute Gasteiger partial charge is 0.472 e. The lowest BCUT2D eigenvalue weighted by molar-refractivity contribution is -0.161. The van der Waals surface area contributed by atoms with Gasteiger partial charge in [0.1, 0.15) is 19.3 Å². The summed E-state index contributed by atoms with van der Waals surface area (Å²) in [6, 6.07) is 0. The molecule has 0 aliphatic heterocycles. The van der Waals surface area contributed by atoms with E-state index in [1.54, 1.807) is 0 Å². The van der Waals surface area contributed by atoms with E-state index in [0.29, 0.717) is 25.7 Å². The molecule has 3 N–H and O–H groups in total. The number of unbranched alkanes of at least 4 members (excludes halogenated alkanes) is 55. The first-order valence-electron chi connectivity index (χ1n) is 43.7. The second kappa shape index (κ2) is 76.8. The smallest absolute Gasteiger partial charge is 0.462 e. The van der Waals surface area contributed by atoms with Crippen molar-refractivity contribution in [2.75, 3.05) is 39.6 Å². The average Bonchev–Trinajstić information content (AvgIpc) is 0.912. The van der Waals surface area contributed by atoms with Gasteiger partial charge in [0.15, 0.2) is 12.2 Å². The molecule has 19 heteroatoms. The lowest BCUT2D eigenvalue weighted by Crippen LogP contribution is -2.30. The van der Waals surface area contributed by atoms with Gasteiger partial charge in [0, 0.05) is 25.7 Å². The van der Waals surface area contributed by atoms with Crippen molar-refractivity contribution in [1.29, 1.82) is 0 Å². The van der Waals surface area contributed by atoms with Gasteiger partial charge in [-0.1, -0.05) is 401 Å². The van der Waals surface area contributed by atoms with Gasteiger partial charge in [-0.3, -0.25) is 37.3 Å². The summed E-state index contributed by atoms with van der Waals surface area (Å²) < 4.78 is 68.8. The van der Waals surface area contributed by atoms with E-state index in [0.717, 1.165) is 102 Å². The molecule has 3 unspecified atom stereocenters. The Balaban J connectivity index is 5.21. The van der Waals surface area contributed by atoms with Crippen molar-refractivity contribution >= 4 is 39.5 Å². The molecule has 0 saturated heterocycles. The third kappa shape index (κ3) is 76.6. The third-order valence-electron chi connectivity index (χ3n) is 20.1. The summed E-state index contributed by atoms with van der Waals surface area (Å²) >= 11 is 0. The van der Waals surface area contributed by atoms with E-state index in [2.05, 4.69) is 34.6 Å². The summed E-state index contributed by atoms with van der Waals surface area (Å²) in [5.41, 5.74) is 0. The van der Waals surface area contributed by atoms with Crippen LogP contribution in [-0.2, 0) is 65.4 Å². The number of esters is 4. The van der Waals surface area contributed by atoms with E-state index in [1.807, 2.05) is 0 Å². The summed E-state index contributed by atoms with van der Waals surface area (Å²) in [4.78, 5) is 73.1. The van der Waals surface area contributed by atoms with Gasteiger partial charge in [0.25, 0.3) is 0 Å². The number of rotatable bonds is 84. The SMILES string of the molecule is CCCCCCCCCCCCCCCCCCCCCCCC(=O)O[C@H](COC(=O)CCCCCCCCCCCCCCCCCCCCC)COP(=O)(O)OC[C@@H](O)COP(=O)(O)OC[C@@H](COC(=O)CCCCCCCCC(C)CC)OC(=O)CCCCCCCCCCCCCCC. The Morgan fingerprint density at radius 1 is 0.272 bits per heavy atom. The van der Waals surface area contributed by atoms with Crippen molar-refractivity contribution in [1.82, 2.24) is 0 Å². The van der Waals surface area contributed by atoms with Crippen LogP contribution in [0.15, 0.2) is 0 Å². The second-order valence-corrected chi connectivity index (χ2v) is 33.4. The highest BCUT2D eigenvalue weighted by Gasteiger charge is 2.30.